The molecule has 20 heavy (non-hydrogen) atoms. The second-order valence-electron chi connectivity index (χ2n) is 5.06. The molecule has 2 aromatic rings. The van der Waals surface area contributed by atoms with Gasteiger partial charge in [0, 0.05) is 18.3 Å². The highest BCUT2D eigenvalue weighted by molar-refractivity contribution is 7.13. The molecule has 2 unspecified atom stereocenters. The average molecular weight is 288 g/mol. The third-order valence-electron chi connectivity index (χ3n) is 3.80. The highest BCUT2D eigenvalue weighted by atomic mass is 32.1. The van der Waals surface area contributed by atoms with Gasteiger partial charge in [-0.3, -0.25) is 4.79 Å². The van der Waals surface area contributed by atoms with Crippen molar-refractivity contribution in [3.63, 3.8) is 0 Å². The van der Waals surface area contributed by atoms with E-state index in [2.05, 4.69) is 0 Å². The summed E-state index contributed by atoms with van der Waals surface area (Å²) in [6.45, 7) is 1.85. The van der Waals surface area contributed by atoms with Crippen molar-refractivity contribution in [1.29, 1.82) is 0 Å². The van der Waals surface area contributed by atoms with Gasteiger partial charge >= 0.3 is 6.09 Å². The fourth-order valence-corrected chi connectivity index (χ4v) is 3.83. The van der Waals surface area contributed by atoms with Crippen LogP contribution in [0.1, 0.15) is 35.4 Å². The number of hydrogen-bond acceptors (Lipinski definition) is 4. The number of aromatic nitrogens is 1. The molecule has 0 N–H and O–H groups in total. The molecule has 0 saturated carbocycles. The lowest BCUT2D eigenvalue weighted by Crippen LogP contribution is -2.46. The second kappa shape index (κ2) is 3.96. The Balaban J connectivity index is 1.97. The number of cyclic esters (lactones) is 1. The molecule has 4 rings (SSSR count). The van der Waals surface area contributed by atoms with Gasteiger partial charge in [-0.1, -0.05) is 0 Å². The largest absolute Gasteiger partial charge is 0.446 e. The number of imide groups is 1. The summed E-state index contributed by atoms with van der Waals surface area (Å²) in [6, 6.07) is 5.41. The zero-order valence-corrected chi connectivity index (χ0v) is 11.6. The summed E-state index contributed by atoms with van der Waals surface area (Å²) in [5, 5.41) is 2.73. The number of rotatable bonds is 0. The molecule has 0 radical (unpaired) electrons. The van der Waals surface area contributed by atoms with E-state index < -0.39 is 6.09 Å². The summed E-state index contributed by atoms with van der Waals surface area (Å²) in [5.74, 6) is -0.271. The SMILES string of the molecule is CC1CC2c3cccn3-c3sccc3C(=O)N2C(=O)O1. The highest BCUT2D eigenvalue weighted by Gasteiger charge is 2.43. The number of amides is 2. The van der Waals surface area contributed by atoms with E-state index in [1.807, 2.05) is 35.2 Å². The zero-order chi connectivity index (χ0) is 13.9. The first kappa shape index (κ1) is 11.7. The molecule has 0 aromatic carbocycles. The average Bonchev–Trinajstić information content (AvgIpc) is 3.04. The summed E-state index contributed by atoms with van der Waals surface area (Å²) >= 11 is 1.50. The Bertz CT molecular complexity index is 718. The number of carbonyl (C=O) groups is 2. The van der Waals surface area contributed by atoms with Gasteiger partial charge in [0.15, 0.2) is 0 Å². The summed E-state index contributed by atoms with van der Waals surface area (Å²) < 4.78 is 7.23. The van der Waals surface area contributed by atoms with Gasteiger partial charge in [0.1, 0.15) is 11.1 Å². The Hall–Kier alpha value is -2.08. The molecule has 6 heteroatoms. The van der Waals surface area contributed by atoms with Crippen molar-refractivity contribution in [3.05, 3.63) is 41.0 Å². The van der Waals surface area contributed by atoms with Gasteiger partial charge in [-0.2, -0.15) is 0 Å². The predicted octanol–water partition coefficient (Wildman–Crippen LogP) is 2.96. The van der Waals surface area contributed by atoms with Gasteiger partial charge in [0.25, 0.3) is 5.91 Å². The van der Waals surface area contributed by atoms with Gasteiger partial charge in [-0.05, 0) is 30.5 Å². The van der Waals surface area contributed by atoms with Crippen LogP contribution in [-0.4, -0.2) is 27.6 Å². The van der Waals surface area contributed by atoms with Gasteiger partial charge in [0.2, 0.25) is 0 Å². The third-order valence-corrected chi connectivity index (χ3v) is 4.71. The zero-order valence-electron chi connectivity index (χ0n) is 10.8. The van der Waals surface area contributed by atoms with Crippen LogP contribution in [0.15, 0.2) is 29.8 Å². The smallest absolute Gasteiger partial charge is 0.417 e. The van der Waals surface area contributed by atoms with E-state index >= 15 is 0 Å². The Morgan fingerprint density at radius 1 is 1.35 bits per heavy atom. The summed E-state index contributed by atoms with van der Waals surface area (Å²) in [7, 11) is 0. The molecule has 4 heterocycles. The summed E-state index contributed by atoms with van der Waals surface area (Å²) in [6.07, 6.45) is 1.82. The number of thiophene rings is 1. The first-order valence-corrected chi connectivity index (χ1v) is 7.34. The van der Waals surface area contributed by atoms with Crippen LogP contribution in [0.3, 0.4) is 0 Å². The van der Waals surface area contributed by atoms with E-state index in [0.29, 0.717) is 12.0 Å². The first-order valence-electron chi connectivity index (χ1n) is 6.46. The first-order chi connectivity index (χ1) is 9.66. The van der Waals surface area contributed by atoms with Crippen LogP contribution in [0.4, 0.5) is 4.79 Å². The van der Waals surface area contributed by atoms with E-state index in [1.165, 1.54) is 16.2 Å². The van der Waals surface area contributed by atoms with Crippen molar-refractivity contribution in [2.24, 2.45) is 0 Å². The molecule has 2 aromatic heterocycles. The van der Waals surface area contributed by atoms with Crippen LogP contribution in [0.5, 0.6) is 0 Å². The molecule has 2 aliphatic heterocycles. The predicted molar refractivity (Wildman–Crippen MR) is 73.1 cm³/mol. The highest BCUT2D eigenvalue weighted by Crippen LogP contribution is 2.39. The maximum Gasteiger partial charge on any atom is 0.417 e. The molecule has 1 fully saturated rings. The van der Waals surface area contributed by atoms with E-state index in [4.69, 9.17) is 4.74 Å². The van der Waals surface area contributed by atoms with Gasteiger partial charge in [-0.15, -0.1) is 11.3 Å². The fourth-order valence-electron chi connectivity index (χ4n) is 2.93. The van der Waals surface area contributed by atoms with Crippen LogP contribution in [-0.2, 0) is 4.74 Å². The molecule has 0 spiro atoms. The van der Waals surface area contributed by atoms with E-state index in [1.54, 1.807) is 6.07 Å². The van der Waals surface area contributed by atoms with E-state index in [9.17, 15) is 9.59 Å². The monoisotopic (exact) mass is 288 g/mol. The Labute approximate surface area is 119 Å². The van der Waals surface area contributed by atoms with Crippen LogP contribution >= 0.6 is 11.3 Å². The third kappa shape index (κ3) is 1.42. The summed E-state index contributed by atoms with van der Waals surface area (Å²) in [5.41, 5.74) is 1.52. The van der Waals surface area contributed by atoms with Crippen molar-refractivity contribution in [3.8, 4) is 5.00 Å². The number of hydrogen-bond donors (Lipinski definition) is 0. The molecule has 1 saturated heterocycles. The lowest BCUT2D eigenvalue weighted by atomic mass is 10.0. The molecule has 0 aliphatic carbocycles. The van der Waals surface area contributed by atoms with Gasteiger partial charge in [-0.25, -0.2) is 9.69 Å². The minimum Gasteiger partial charge on any atom is -0.446 e. The Morgan fingerprint density at radius 2 is 2.20 bits per heavy atom. The van der Waals surface area contributed by atoms with E-state index in [0.717, 1.165) is 10.7 Å². The molecular weight excluding hydrogens is 276 g/mol. The quantitative estimate of drug-likeness (QED) is 0.749. The summed E-state index contributed by atoms with van der Waals surface area (Å²) in [4.78, 5) is 26.0. The molecule has 2 amide bonds. The molecule has 5 nitrogen and oxygen atoms in total. The Kier molecular flexibility index (Phi) is 2.32. The van der Waals surface area contributed by atoms with Crippen molar-refractivity contribution in [2.45, 2.75) is 25.5 Å². The number of ether oxygens (including phenoxy) is 1. The topological polar surface area (TPSA) is 51.5 Å². The Morgan fingerprint density at radius 3 is 3.05 bits per heavy atom. The van der Waals surface area contributed by atoms with Crippen molar-refractivity contribution in [1.82, 2.24) is 9.47 Å². The van der Waals surface area contributed by atoms with Crippen LogP contribution < -0.4 is 0 Å². The van der Waals surface area contributed by atoms with Crippen molar-refractivity contribution >= 4 is 23.3 Å². The van der Waals surface area contributed by atoms with Gasteiger partial charge < -0.3 is 9.30 Å². The number of nitrogens with zero attached hydrogens (tertiary/aromatic N) is 2. The lowest BCUT2D eigenvalue weighted by molar-refractivity contribution is 0.00774. The van der Waals surface area contributed by atoms with Crippen LogP contribution in [0, 0.1) is 0 Å². The molecule has 2 aliphatic rings. The normalized spacial score (nSPS) is 24.6. The van der Waals surface area contributed by atoms with E-state index in [-0.39, 0.29) is 18.1 Å². The number of fused-ring (bicyclic) bond motifs is 5. The lowest BCUT2D eigenvalue weighted by Gasteiger charge is -2.35. The van der Waals surface area contributed by atoms with Crippen molar-refractivity contribution < 1.29 is 14.3 Å². The van der Waals surface area contributed by atoms with Crippen LogP contribution in [0.25, 0.3) is 5.00 Å². The molecule has 0 bridgehead atoms. The number of carbonyl (C=O) groups excluding carboxylic acids is 2. The van der Waals surface area contributed by atoms with Gasteiger partial charge in [0.05, 0.1) is 11.6 Å². The molecular formula is C14H12N2O3S. The standard InChI is InChI=1S/C14H12N2O3S/c1-8-7-11-10-3-2-5-15(10)13-9(4-6-20-13)12(17)16(11)14(18)19-8/h2-6,8,11H,7H2,1H3. The maximum atomic E-state index is 12.6. The maximum absolute atomic E-state index is 12.6. The minimum absolute atomic E-state index is 0.184. The molecule has 102 valence electrons. The second-order valence-corrected chi connectivity index (χ2v) is 5.96. The minimum atomic E-state index is -0.550. The van der Waals surface area contributed by atoms with Crippen molar-refractivity contribution in [2.75, 3.05) is 0 Å². The molecule has 2 atom stereocenters. The van der Waals surface area contributed by atoms with Crippen LogP contribution in [0.2, 0.25) is 0 Å². The fraction of sp³-hybridized carbons (Fsp3) is 0.286.